The van der Waals surface area contributed by atoms with Crippen molar-refractivity contribution in [3.05, 3.63) is 17.6 Å². The molecule has 124 valence electrons. The van der Waals surface area contributed by atoms with Gasteiger partial charge in [0.2, 0.25) is 5.91 Å². The fraction of sp³-hybridized carbons (Fsp3) is 0.667. The van der Waals surface area contributed by atoms with Gasteiger partial charge in [0.25, 0.3) is 11.8 Å². The predicted octanol–water partition coefficient (Wildman–Crippen LogP) is 3.16. The highest BCUT2D eigenvalue weighted by atomic mass is 19.4. The first kappa shape index (κ1) is 16.6. The number of hydrogen-bond acceptors (Lipinski definition) is 3. The number of rotatable bonds is 3. The Balaban J connectivity index is 2.52. The Labute approximate surface area is 120 Å². The van der Waals surface area contributed by atoms with Crippen LogP contribution in [0.3, 0.4) is 0 Å². The van der Waals surface area contributed by atoms with Crippen LogP contribution in [0.1, 0.15) is 43.8 Å². The molecule has 0 aliphatic heterocycles. The van der Waals surface area contributed by atoms with Gasteiger partial charge in [-0.1, -0.05) is 19.3 Å². The lowest BCUT2D eigenvalue weighted by Gasteiger charge is -2.31. The molecule has 2 rings (SSSR count). The molecule has 1 aromatic rings. The first-order valence-electron chi connectivity index (χ1n) is 6.44. The number of nitrogens with zero attached hydrogens (tertiary/aromatic N) is 1. The van der Waals surface area contributed by atoms with E-state index in [4.69, 9.17) is 5.73 Å². The summed E-state index contributed by atoms with van der Waals surface area (Å²) in [6, 6.07) is 0. The number of primary amides is 1. The van der Waals surface area contributed by atoms with Crippen molar-refractivity contribution < 1.29 is 35.6 Å². The first-order chi connectivity index (χ1) is 10.0. The summed E-state index contributed by atoms with van der Waals surface area (Å²) in [5.41, 5.74) is 3.46. The summed E-state index contributed by atoms with van der Waals surface area (Å²) < 4.78 is 81.4. The van der Waals surface area contributed by atoms with Crippen LogP contribution in [0.15, 0.2) is 4.42 Å². The Kier molecular flexibility index (Phi) is 3.90. The molecule has 2 N–H and O–H groups in total. The second-order valence-electron chi connectivity index (χ2n) is 5.22. The SMILES string of the molecule is NC(=O)C1(c2oc(C(F)(F)C(F)(F)F)nc2F)CCCCC1. The van der Waals surface area contributed by atoms with Gasteiger partial charge in [-0.25, -0.2) is 0 Å². The van der Waals surface area contributed by atoms with Crippen molar-refractivity contribution in [2.75, 3.05) is 0 Å². The van der Waals surface area contributed by atoms with E-state index >= 15 is 0 Å². The molecule has 0 saturated heterocycles. The van der Waals surface area contributed by atoms with Crippen molar-refractivity contribution in [3.8, 4) is 0 Å². The average Bonchev–Trinajstić information content (AvgIpc) is 2.81. The van der Waals surface area contributed by atoms with Gasteiger partial charge in [-0.2, -0.15) is 31.3 Å². The van der Waals surface area contributed by atoms with Crippen LogP contribution in [-0.4, -0.2) is 17.1 Å². The largest absolute Gasteiger partial charge is 0.463 e. The summed E-state index contributed by atoms with van der Waals surface area (Å²) in [6.45, 7) is 0. The minimum absolute atomic E-state index is 0.00543. The fourth-order valence-electron chi connectivity index (χ4n) is 2.59. The van der Waals surface area contributed by atoms with Crippen molar-refractivity contribution in [2.24, 2.45) is 5.73 Å². The maximum atomic E-state index is 13.8. The van der Waals surface area contributed by atoms with Crippen molar-refractivity contribution in [1.82, 2.24) is 4.98 Å². The van der Waals surface area contributed by atoms with E-state index in [1.165, 1.54) is 0 Å². The summed E-state index contributed by atoms with van der Waals surface area (Å²) in [5.74, 6) is -11.2. The third-order valence-corrected chi connectivity index (χ3v) is 3.82. The third-order valence-electron chi connectivity index (χ3n) is 3.82. The van der Waals surface area contributed by atoms with Gasteiger partial charge in [0, 0.05) is 0 Å². The maximum absolute atomic E-state index is 13.8. The van der Waals surface area contributed by atoms with Crippen molar-refractivity contribution in [1.29, 1.82) is 0 Å². The van der Waals surface area contributed by atoms with E-state index in [9.17, 15) is 31.1 Å². The van der Waals surface area contributed by atoms with Crippen molar-refractivity contribution >= 4 is 5.91 Å². The molecule has 0 atom stereocenters. The highest BCUT2D eigenvalue weighted by Crippen LogP contribution is 2.46. The number of oxazole rings is 1. The van der Waals surface area contributed by atoms with Crippen LogP contribution in [0.5, 0.6) is 0 Å². The molecule has 0 bridgehead atoms. The van der Waals surface area contributed by atoms with Crippen molar-refractivity contribution in [3.63, 3.8) is 0 Å². The molecule has 1 aliphatic carbocycles. The van der Waals surface area contributed by atoms with Gasteiger partial charge in [0.1, 0.15) is 5.41 Å². The van der Waals surface area contributed by atoms with Gasteiger partial charge >= 0.3 is 12.1 Å². The summed E-state index contributed by atoms with van der Waals surface area (Å²) in [4.78, 5) is 14.2. The Morgan fingerprint density at radius 2 is 1.68 bits per heavy atom. The Morgan fingerprint density at radius 1 is 1.14 bits per heavy atom. The summed E-state index contributed by atoms with van der Waals surface area (Å²) in [7, 11) is 0. The Hall–Kier alpha value is -1.74. The molecule has 4 nitrogen and oxygen atoms in total. The maximum Gasteiger partial charge on any atom is 0.463 e. The average molecular weight is 330 g/mol. The number of halogens is 6. The monoisotopic (exact) mass is 330 g/mol. The van der Waals surface area contributed by atoms with E-state index in [1.807, 2.05) is 0 Å². The molecule has 0 aromatic carbocycles. The second-order valence-corrected chi connectivity index (χ2v) is 5.22. The predicted molar refractivity (Wildman–Crippen MR) is 60.4 cm³/mol. The smallest absolute Gasteiger partial charge is 0.435 e. The van der Waals surface area contributed by atoms with E-state index in [-0.39, 0.29) is 12.8 Å². The molecule has 10 heteroatoms. The van der Waals surface area contributed by atoms with Gasteiger partial charge < -0.3 is 10.2 Å². The zero-order valence-electron chi connectivity index (χ0n) is 11.1. The van der Waals surface area contributed by atoms with Crippen molar-refractivity contribution in [2.45, 2.75) is 49.6 Å². The second kappa shape index (κ2) is 5.17. The summed E-state index contributed by atoms with van der Waals surface area (Å²) >= 11 is 0. The first-order valence-corrected chi connectivity index (χ1v) is 6.44. The van der Waals surface area contributed by atoms with E-state index < -0.39 is 41.0 Å². The van der Waals surface area contributed by atoms with Gasteiger partial charge in [-0.3, -0.25) is 4.79 Å². The topological polar surface area (TPSA) is 69.1 Å². The number of carbonyl (C=O) groups is 1. The van der Waals surface area contributed by atoms with Gasteiger partial charge in [0.05, 0.1) is 0 Å². The quantitative estimate of drug-likeness (QED) is 0.866. The van der Waals surface area contributed by atoms with Crippen LogP contribution in [0.2, 0.25) is 0 Å². The van der Waals surface area contributed by atoms with Gasteiger partial charge in [-0.05, 0) is 12.8 Å². The Bertz CT molecular complexity index is 575. The molecule has 0 radical (unpaired) electrons. The summed E-state index contributed by atoms with van der Waals surface area (Å²) in [6.07, 6.45) is -4.40. The molecule has 1 aromatic heterocycles. The number of nitrogens with two attached hydrogens (primary N) is 1. The number of hydrogen-bond donors (Lipinski definition) is 1. The number of alkyl halides is 5. The van der Waals surface area contributed by atoms with Crippen LogP contribution in [0, 0.1) is 5.95 Å². The van der Waals surface area contributed by atoms with Gasteiger partial charge in [-0.15, -0.1) is 0 Å². The van der Waals surface area contributed by atoms with Gasteiger partial charge in [0.15, 0.2) is 5.76 Å². The molecule has 1 amide bonds. The van der Waals surface area contributed by atoms with Crippen LogP contribution in [0.4, 0.5) is 26.3 Å². The molecule has 0 spiro atoms. The Morgan fingerprint density at radius 3 is 2.14 bits per heavy atom. The van der Waals surface area contributed by atoms with Crippen LogP contribution < -0.4 is 5.73 Å². The molecule has 1 saturated carbocycles. The fourth-order valence-corrected chi connectivity index (χ4v) is 2.59. The molecule has 22 heavy (non-hydrogen) atoms. The molecular formula is C12H12F6N2O2. The van der Waals surface area contributed by atoms with Crippen LogP contribution in [-0.2, 0) is 16.1 Å². The van der Waals surface area contributed by atoms with E-state index in [0.717, 1.165) is 0 Å². The van der Waals surface area contributed by atoms with E-state index in [1.54, 1.807) is 0 Å². The molecule has 1 fully saturated rings. The lowest BCUT2D eigenvalue weighted by Crippen LogP contribution is -2.43. The number of carbonyl (C=O) groups excluding carboxylic acids is 1. The summed E-state index contributed by atoms with van der Waals surface area (Å²) in [5, 5.41) is 0. The van der Waals surface area contributed by atoms with E-state index in [0.29, 0.717) is 19.3 Å². The molecule has 0 unspecified atom stereocenters. The zero-order chi connectivity index (χ0) is 16.8. The number of amides is 1. The number of aromatic nitrogens is 1. The molecule has 1 aliphatic rings. The standard InChI is InChI=1S/C12H12F6N2O2/c13-7-6(10(8(19)21)4-2-1-3-5-10)22-9(20-7)11(14,15)12(16,17)18/h1-5H2,(H2,19,21). The van der Waals surface area contributed by atoms with Crippen LogP contribution in [0.25, 0.3) is 0 Å². The zero-order valence-corrected chi connectivity index (χ0v) is 11.1. The lowest BCUT2D eigenvalue weighted by molar-refractivity contribution is -0.297. The lowest BCUT2D eigenvalue weighted by atomic mass is 9.72. The highest BCUT2D eigenvalue weighted by Gasteiger charge is 2.63. The molecule has 1 heterocycles. The minimum atomic E-state index is -5.99. The van der Waals surface area contributed by atoms with Crippen LogP contribution >= 0.6 is 0 Å². The molecular weight excluding hydrogens is 318 g/mol. The third kappa shape index (κ3) is 2.44. The van der Waals surface area contributed by atoms with E-state index in [2.05, 4.69) is 9.40 Å². The highest BCUT2D eigenvalue weighted by molar-refractivity contribution is 5.86. The minimum Gasteiger partial charge on any atom is -0.435 e. The normalized spacial score (nSPS) is 19.2.